The molecule has 25 heavy (non-hydrogen) atoms. The van der Waals surface area contributed by atoms with Crippen LogP contribution in [0.25, 0.3) is 0 Å². The maximum absolute atomic E-state index is 5.94. The molecule has 0 fully saturated rings. The molecule has 0 atom stereocenters. The topological polar surface area (TPSA) is 51.4 Å². The monoisotopic (exact) mass is 349 g/mol. The molecular weight excluding hydrogens is 330 g/mol. The van der Waals surface area contributed by atoms with Crippen molar-refractivity contribution in [1.29, 1.82) is 0 Å². The van der Waals surface area contributed by atoms with Crippen molar-refractivity contribution in [3.8, 4) is 5.75 Å². The molecule has 2 N–H and O–H groups in total. The second-order valence-corrected chi connectivity index (χ2v) is 5.94. The Morgan fingerprint density at radius 3 is 2.36 bits per heavy atom. The number of nitrogens with zero attached hydrogens (tertiary/aromatic N) is 2. The quantitative estimate of drug-likeness (QED) is 0.704. The summed E-state index contributed by atoms with van der Waals surface area (Å²) in [6, 6.07) is 23.6. The number of para-hydroxylation sites is 1. The van der Waals surface area contributed by atoms with Crippen LogP contribution in [0.3, 0.4) is 0 Å². The smallest absolute Gasteiger partial charge is 0.176 e. The number of benzene rings is 2. The van der Waals surface area contributed by atoms with E-state index in [1.807, 2.05) is 72.8 Å². The van der Waals surface area contributed by atoms with Crippen molar-refractivity contribution in [1.82, 2.24) is 4.98 Å². The van der Waals surface area contributed by atoms with E-state index >= 15 is 0 Å². The lowest BCUT2D eigenvalue weighted by Gasteiger charge is -2.22. The van der Waals surface area contributed by atoms with Crippen LogP contribution in [0.15, 0.2) is 72.8 Å². The van der Waals surface area contributed by atoms with Gasteiger partial charge in [-0.15, -0.1) is 0 Å². The van der Waals surface area contributed by atoms with E-state index in [9.17, 15) is 0 Å². The first kappa shape index (κ1) is 16.9. The number of thiocarbonyl (C=S) groups is 1. The standard InChI is InChI=1S/C20H19N3OS/c1-24-18-12-10-15(11-13-18)14-16-6-5-9-19(22-16)23(20(21)25)17-7-3-2-4-8-17/h2-13H,14H2,1H3,(H2,21,25). The molecule has 0 saturated heterocycles. The third kappa shape index (κ3) is 4.14. The highest BCUT2D eigenvalue weighted by Crippen LogP contribution is 2.24. The van der Waals surface area contributed by atoms with E-state index in [-0.39, 0.29) is 5.11 Å². The fraction of sp³-hybridized carbons (Fsp3) is 0.100. The molecule has 0 spiro atoms. The average Bonchev–Trinajstić information content (AvgIpc) is 2.63. The van der Waals surface area contributed by atoms with Crippen LogP contribution in [0.4, 0.5) is 11.5 Å². The van der Waals surface area contributed by atoms with Gasteiger partial charge in [0, 0.05) is 17.8 Å². The molecule has 5 heteroatoms. The van der Waals surface area contributed by atoms with Crippen LogP contribution < -0.4 is 15.4 Å². The number of methoxy groups -OCH3 is 1. The Labute approximate surface area is 152 Å². The summed E-state index contributed by atoms with van der Waals surface area (Å²) in [6.45, 7) is 0. The van der Waals surface area contributed by atoms with E-state index in [0.29, 0.717) is 5.82 Å². The Bertz CT molecular complexity index is 850. The number of rotatable bonds is 5. The lowest BCUT2D eigenvalue weighted by atomic mass is 10.1. The fourth-order valence-electron chi connectivity index (χ4n) is 2.59. The zero-order chi connectivity index (χ0) is 17.6. The summed E-state index contributed by atoms with van der Waals surface area (Å²) in [5.74, 6) is 1.55. The Morgan fingerprint density at radius 2 is 1.72 bits per heavy atom. The molecular formula is C20H19N3OS. The molecule has 0 amide bonds. The van der Waals surface area contributed by atoms with Gasteiger partial charge in [0.25, 0.3) is 0 Å². The Hall–Kier alpha value is -2.92. The van der Waals surface area contributed by atoms with Gasteiger partial charge in [-0.2, -0.15) is 0 Å². The molecule has 3 aromatic rings. The molecule has 0 aliphatic rings. The molecule has 0 saturated carbocycles. The summed E-state index contributed by atoms with van der Waals surface area (Å²) in [5, 5.41) is 0.264. The van der Waals surface area contributed by atoms with Crippen molar-refractivity contribution in [2.24, 2.45) is 5.73 Å². The van der Waals surface area contributed by atoms with Crippen LogP contribution in [0.2, 0.25) is 0 Å². The molecule has 0 aliphatic carbocycles. The molecule has 1 heterocycles. The fourth-order valence-corrected chi connectivity index (χ4v) is 2.79. The molecule has 3 rings (SSSR count). The number of nitrogens with two attached hydrogens (primary N) is 1. The summed E-state index contributed by atoms with van der Waals surface area (Å²) in [6.07, 6.45) is 0.720. The van der Waals surface area contributed by atoms with Crippen LogP contribution in [0.5, 0.6) is 5.75 Å². The van der Waals surface area contributed by atoms with Gasteiger partial charge in [0.05, 0.1) is 7.11 Å². The molecule has 2 aromatic carbocycles. The highest BCUT2D eigenvalue weighted by molar-refractivity contribution is 7.80. The molecule has 0 radical (unpaired) electrons. The van der Waals surface area contributed by atoms with Gasteiger partial charge in [0.15, 0.2) is 5.11 Å². The van der Waals surface area contributed by atoms with Crippen molar-refractivity contribution in [2.75, 3.05) is 12.0 Å². The van der Waals surface area contributed by atoms with Crippen molar-refractivity contribution >= 4 is 28.8 Å². The van der Waals surface area contributed by atoms with Crippen LogP contribution in [0.1, 0.15) is 11.3 Å². The van der Waals surface area contributed by atoms with E-state index in [1.54, 1.807) is 12.0 Å². The summed E-state index contributed by atoms with van der Waals surface area (Å²) in [4.78, 5) is 6.51. The minimum absolute atomic E-state index is 0.264. The van der Waals surface area contributed by atoms with Gasteiger partial charge >= 0.3 is 0 Å². The van der Waals surface area contributed by atoms with Crippen molar-refractivity contribution in [3.63, 3.8) is 0 Å². The zero-order valence-corrected chi connectivity index (χ0v) is 14.7. The second-order valence-electron chi connectivity index (χ2n) is 5.52. The Morgan fingerprint density at radius 1 is 1.00 bits per heavy atom. The van der Waals surface area contributed by atoms with Crippen molar-refractivity contribution in [3.05, 3.63) is 84.1 Å². The van der Waals surface area contributed by atoms with E-state index < -0.39 is 0 Å². The predicted octanol–water partition coefficient (Wildman–Crippen LogP) is 4.06. The minimum atomic E-state index is 0.264. The SMILES string of the molecule is COc1ccc(Cc2cccc(N(C(N)=S)c3ccccc3)n2)cc1. The van der Waals surface area contributed by atoms with Crippen LogP contribution in [-0.2, 0) is 6.42 Å². The highest BCUT2D eigenvalue weighted by Gasteiger charge is 2.13. The first-order valence-corrected chi connectivity index (χ1v) is 8.31. The first-order valence-electron chi connectivity index (χ1n) is 7.91. The highest BCUT2D eigenvalue weighted by atomic mass is 32.1. The van der Waals surface area contributed by atoms with E-state index in [1.165, 1.54) is 0 Å². The Balaban J connectivity index is 1.88. The lowest BCUT2D eigenvalue weighted by molar-refractivity contribution is 0.414. The third-order valence-electron chi connectivity index (χ3n) is 3.80. The molecule has 0 bridgehead atoms. The van der Waals surface area contributed by atoms with Crippen LogP contribution in [-0.4, -0.2) is 17.2 Å². The number of pyridine rings is 1. The minimum Gasteiger partial charge on any atom is -0.497 e. The average molecular weight is 349 g/mol. The summed E-state index contributed by atoms with van der Waals surface area (Å²) >= 11 is 5.23. The maximum atomic E-state index is 5.94. The maximum Gasteiger partial charge on any atom is 0.176 e. The van der Waals surface area contributed by atoms with Gasteiger partial charge in [0.1, 0.15) is 11.6 Å². The number of ether oxygens (including phenoxy) is 1. The number of hydrogen-bond acceptors (Lipinski definition) is 3. The predicted molar refractivity (Wildman–Crippen MR) is 105 cm³/mol. The van der Waals surface area contributed by atoms with E-state index in [2.05, 4.69) is 0 Å². The van der Waals surface area contributed by atoms with Gasteiger partial charge in [-0.3, -0.25) is 4.90 Å². The van der Waals surface area contributed by atoms with Gasteiger partial charge < -0.3 is 10.5 Å². The van der Waals surface area contributed by atoms with Crippen molar-refractivity contribution in [2.45, 2.75) is 6.42 Å². The molecule has 4 nitrogen and oxygen atoms in total. The number of hydrogen-bond donors (Lipinski definition) is 1. The van der Waals surface area contributed by atoms with E-state index in [4.69, 9.17) is 27.7 Å². The van der Waals surface area contributed by atoms with Crippen molar-refractivity contribution < 1.29 is 4.74 Å². The Kier molecular flexibility index (Phi) is 5.26. The summed E-state index contributed by atoms with van der Waals surface area (Å²) in [5.41, 5.74) is 8.94. The summed E-state index contributed by atoms with van der Waals surface area (Å²) in [7, 11) is 1.66. The normalized spacial score (nSPS) is 10.3. The third-order valence-corrected chi connectivity index (χ3v) is 3.98. The van der Waals surface area contributed by atoms with Crippen LogP contribution >= 0.6 is 12.2 Å². The van der Waals surface area contributed by atoms with Gasteiger partial charge in [-0.1, -0.05) is 36.4 Å². The molecule has 0 aliphatic heterocycles. The lowest BCUT2D eigenvalue weighted by Crippen LogP contribution is -2.31. The molecule has 1 aromatic heterocycles. The van der Waals surface area contributed by atoms with Gasteiger partial charge in [0.2, 0.25) is 0 Å². The second kappa shape index (κ2) is 7.77. The van der Waals surface area contributed by atoms with Gasteiger partial charge in [-0.25, -0.2) is 4.98 Å². The largest absolute Gasteiger partial charge is 0.497 e. The van der Waals surface area contributed by atoms with Gasteiger partial charge in [-0.05, 0) is 54.2 Å². The van der Waals surface area contributed by atoms with Crippen LogP contribution in [0, 0.1) is 0 Å². The van der Waals surface area contributed by atoms with E-state index in [0.717, 1.165) is 29.1 Å². The summed E-state index contributed by atoms with van der Waals surface area (Å²) < 4.78 is 5.19. The molecule has 126 valence electrons. The number of aromatic nitrogens is 1. The molecule has 0 unspecified atom stereocenters. The first-order chi connectivity index (χ1) is 12.2. The zero-order valence-electron chi connectivity index (χ0n) is 13.9. The number of anilines is 2.